The smallest absolute Gasteiger partial charge is 0.242 e. The summed E-state index contributed by atoms with van der Waals surface area (Å²) in [4.78, 5) is 17.4. The van der Waals surface area contributed by atoms with Gasteiger partial charge in [0, 0.05) is 37.6 Å². The van der Waals surface area contributed by atoms with Gasteiger partial charge in [0.25, 0.3) is 0 Å². The van der Waals surface area contributed by atoms with Gasteiger partial charge >= 0.3 is 0 Å². The van der Waals surface area contributed by atoms with Gasteiger partial charge in [-0.2, -0.15) is 0 Å². The van der Waals surface area contributed by atoms with Crippen molar-refractivity contribution in [3.63, 3.8) is 0 Å². The van der Waals surface area contributed by atoms with Crippen LogP contribution in [-0.2, 0) is 21.4 Å². The standard InChI is InChI=1S/C16H17N3O3S/c20-16-4-2-10-19(16)14-7-5-13(6-8-14)11-18-23(21,22)15-3-1-9-17-12-15/h1,3,5-9,12,18H,2,4,10-11H2. The number of anilines is 1. The van der Waals surface area contributed by atoms with E-state index in [1.54, 1.807) is 11.0 Å². The van der Waals surface area contributed by atoms with Crippen LogP contribution in [0.4, 0.5) is 5.69 Å². The first-order valence-electron chi connectivity index (χ1n) is 7.35. The van der Waals surface area contributed by atoms with Crippen LogP contribution >= 0.6 is 0 Å². The largest absolute Gasteiger partial charge is 0.312 e. The Hall–Kier alpha value is -2.25. The molecule has 1 N–H and O–H groups in total. The number of hydrogen-bond donors (Lipinski definition) is 1. The second-order valence-electron chi connectivity index (χ2n) is 5.33. The number of amides is 1. The fraction of sp³-hybridized carbons (Fsp3) is 0.250. The highest BCUT2D eigenvalue weighted by Gasteiger charge is 2.21. The summed E-state index contributed by atoms with van der Waals surface area (Å²) in [5, 5.41) is 0. The number of carbonyl (C=O) groups is 1. The molecule has 6 nitrogen and oxygen atoms in total. The van der Waals surface area contributed by atoms with Crippen molar-refractivity contribution < 1.29 is 13.2 Å². The molecule has 0 radical (unpaired) electrons. The summed E-state index contributed by atoms with van der Waals surface area (Å²) < 4.78 is 26.8. The van der Waals surface area contributed by atoms with E-state index in [1.165, 1.54) is 18.5 Å². The van der Waals surface area contributed by atoms with Gasteiger partial charge in [-0.25, -0.2) is 13.1 Å². The molecule has 2 heterocycles. The zero-order chi connectivity index (χ0) is 16.3. The number of aromatic nitrogens is 1. The maximum atomic E-state index is 12.1. The van der Waals surface area contributed by atoms with Crippen molar-refractivity contribution >= 4 is 21.6 Å². The molecule has 2 aromatic rings. The minimum atomic E-state index is -3.57. The summed E-state index contributed by atoms with van der Waals surface area (Å²) in [6, 6.07) is 10.4. The molecule has 0 atom stereocenters. The predicted octanol–water partition coefficient (Wildman–Crippen LogP) is 1.69. The SMILES string of the molecule is O=C1CCCN1c1ccc(CNS(=O)(=O)c2cccnc2)cc1. The van der Waals surface area contributed by atoms with Crippen LogP contribution in [0.5, 0.6) is 0 Å². The molecule has 1 aromatic heterocycles. The summed E-state index contributed by atoms with van der Waals surface area (Å²) >= 11 is 0. The number of benzene rings is 1. The zero-order valence-electron chi connectivity index (χ0n) is 12.5. The fourth-order valence-corrected chi connectivity index (χ4v) is 3.46. The summed E-state index contributed by atoms with van der Waals surface area (Å²) in [7, 11) is -3.57. The molecule has 7 heteroatoms. The van der Waals surface area contributed by atoms with Crippen molar-refractivity contribution in [2.75, 3.05) is 11.4 Å². The lowest BCUT2D eigenvalue weighted by Crippen LogP contribution is -2.24. The van der Waals surface area contributed by atoms with Gasteiger partial charge in [-0.3, -0.25) is 9.78 Å². The monoisotopic (exact) mass is 331 g/mol. The number of nitrogens with zero attached hydrogens (tertiary/aromatic N) is 2. The van der Waals surface area contributed by atoms with Crippen LogP contribution in [0.25, 0.3) is 0 Å². The Balaban J connectivity index is 1.66. The predicted molar refractivity (Wildman–Crippen MR) is 86.3 cm³/mol. The molecular weight excluding hydrogens is 314 g/mol. The second kappa shape index (κ2) is 6.47. The van der Waals surface area contributed by atoms with Crippen molar-refractivity contribution in [2.24, 2.45) is 0 Å². The molecule has 23 heavy (non-hydrogen) atoms. The van der Waals surface area contributed by atoms with Gasteiger partial charge in [-0.15, -0.1) is 0 Å². The van der Waals surface area contributed by atoms with Crippen molar-refractivity contribution in [2.45, 2.75) is 24.3 Å². The minimum Gasteiger partial charge on any atom is -0.312 e. The van der Waals surface area contributed by atoms with Gasteiger partial charge in [0.05, 0.1) is 0 Å². The number of nitrogens with one attached hydrogen (secondary N) is 1. The van der Waals surface area contributed by atoms with Crippen molar-refractivity contribution in [1.82, 2.24) is 9.71 Å². The van der Waals surface area contributed by atoms with E-state index in [-0.39, 0.29) is 17.3 Å². The molecule has 0 bridgehead atoms. The van der Waals surface area contributed by atoms with E-state index >= 15 is 0 Å². The average Bonchev–Trinajstić information content (AvgIpc) is 3.00. The number of pyridine rings is 1. The van der Waals surface area contributed by atoms with E-state index in [4.69, 9.17) is 0 Å². The molecule has 1 fully saturated rings. The summed E-state index contributed by atoms with van der Waals surface area (Å²) in [6.45, 7) is 0.928. The molecule has 120 valence electrons. The van der Waals surface area contributed by atoms with Crippen LogP contribution in [0.2, 0.25) is 0 Å². The summed E-state index contributed by atoms with van der Waals surface area (Å²) in [6.07, 6.45) is 4.31. The third-order valence-electron chi connectivity index (χ3n) is 3.73. The molecule has 1 aliphatic rings. The molecule has 1 aromatic carbocycles. The summed E-state index contributed by atoms with van der Waals surface area (Å²) in [5.74, 6) is 0.134. The zero-order valence-corrected chi connectivity index (χ0v) is 13.3. The van der Waals surface area contributed by atoms with E-state index in [0.717, 1.165) is 24.2 Å². The van der Waals surface area contributed by atoms with Gasteiger partial charge in [-0.05, 0) is 36.2 Å². The topological polar surface area (TPSA) is 79.4 Å². The first-order chi connectivity index (χ1) is 11.1. The highest BCUT2D eigenvalue weighted by molar-refractivity contribution is 7.89. The highest BCUT2D eigenvalue weighted by atomic mass is 32.2. The Kier molecular flexibility index (Phi) is 4.40. The molecule has 0 saturated carbocycles. The Morgan fingerprint density at radius 3 is 2.57 bits per heavy atom. The quantitative estimate of drug-likeness (QED) is 0.904. The lowest BCUT2D eigenvalue weighted by Gasteiger charge is -2.16. The normalized spacial score (nSPS) is 15.1. The Bertz CT molecular complexity index is 789. The first kappa shape index (κ1) is 15.6. The fourth-order valence-electron chi connectivity index (χ4n) is 2.48. The Morgan fingerprint density at radius 2 is 1.96 bits per heavy atom. The van der Waals surface area contributed by atoms with Gasteiger partial charge in [0.15, 0.2) is 0 Å². The average molecular weight is 331 g/mol. The van der Waals surface area contributed by atoms with E-state index in [2.05, 4.69) is 9.71 Å². The van der Waals surface area contributed by atoms with Gasteiger partial charge < -0.3 is 4.90 Å². The minimum absolute atomic E-state index is 0.134. The lowest BCUT2D eigenvalue weighted by molar-refractivity contribution is -0.117. The van der Waals surface area contributed by atoms with E-state index in [9.17, 15) is 13.2 Å². The molecule has 0 unspecified atom stereocenters. The molecule has 0 spiro atoms. The number of hydrogen-bond acceptors (Lipinski definition) is 4. The van der Waals surface area contributed by atoms with Crippen LogP contribution in [0.1, 0.15) is 18.4 Å². The van der Waals surface area contributed by atoms with E-state index in [0.29, 0.717) is 6.42 Å². The van der Waals surface area contributed by atoms with E-state index < -0.39 is 10.0 Å². The van der Waals surface area contributed by atoms with Crippen molar-refractivity contribution in [3.8, 4) is 0 Å². The Morgan fingerprint density at radius 1 is 1.17 bits per heavy atom. The van der Waals surface area contributed by atoms with Gasteiger partial charge in [0.2, 0.25) is 15.9 Å². The molecule has 1 aliphatic heterocycles. The highest BCUT2D eigenvalue weighted by Crippen LogP contribution is 2.21. The molecule has 1 saturated heterocycles. The third-order valence-corrected chi connectivity index (χ3v) is 5.12. The molecular formula is C16H17N3O3S. The van der Waals surface area contributed by atoms with Crippen LogP contribution < -0.4 is 9.62 Å². The number of rotatable bonds is 5. The van der Waals surface area contributed by atoms with Crippen molar-refractivity contribution in [3.05, 3.63) is 54.4 Å². The van der Waals surface area contributed by atoms with Crippen LogP contribution in [0.15, 0.2) is 53.7 Å². The van der Waals surface area contributed by atoms with Gasteiger partial charge in [-0.1, -0.05) is 12.1 Å². The number of carbonyl (C=O) groups excluding carboxylic acids is 1. The third kappa shape index (κ3) is 3.57. The maximum Gasteiger partial charge on any atom is 0.242 e. The van der Waals surface area contributed by atoms with Crippen LogP contribution in [0.3, 0.4) is 0 Å². The number of sulfonamides is 1. The molecule has 0 aliphatic carbocycles. The van der Waals surface area contributed by atoms with Gasteiger partial charge in [0.1, 0.15) is 4.90 Å². The molecule has 1 amide bonds. The van der Waals surface area contributed by atoms with Crippen molar-refractivity contribution in [1.29, 1.82) is 0 Å². The lowest BCUT2D eigenvalue weighted by atomic mass is 10.2. The van der Waals surface area contributed by atoms with Crippen LogP contribution in [-0.4, -0.2) is 25.9 Å². The Labute approximate surface area is 135 Å². The van der Waals surface area contributed by atoms with E-state index in [1.807, 2.05) is 24.3 Å². The maximum absolute atomic E-state index is 12.1. The first-order valence-corrected chi connectivity index (χ1v) is 8.83. The summed E-state index contributed by atoms with van der Waals surface area (Å²) in [5.41, 5.74) is 1.68. The second-order valence-corrected chi connectivity index (χ2v) is 7.10. The molecule has 3 rings (SSSR count). The van der Waals surface area contributed by atoms with Crippen LogP contribution in [0, 0.1) is 0 Å².